The van der Waals surface area contributed by atoms with Crippen molar-refractivity contribution >= 4 is 5.78 Å². The molecule has 0 saturated heterocycles. The van der Waals surface area contributed by atoms with E-state index in [1.807, 2.05) is 0 Å². The molecule has 0 aromatic heterocycles. The number of rotatable bonds is 4. The first-order valence-corrected chi connectivity index (χ1v) is 4.87. The third-order valence-electron chi connectivity index (χ3n) is 2.25. The maximum atomic E-state index is 11.2. The van der Waals surface area contributed by atoms with E-state index in [-0.39, 0.29) is 5.92 Å². The predicted octanol–water partition coefficient (Wildman–Crippen LogP) is 2.92. The molecule has 1 atom stereocenters. The van der Waals surface area contributed by atoms with Crippen LogP contribution in [0.3, 0.4) is 0 Å². The van der Waals surface area contributed by atoms with Gasteiger partial charge in [0.25, 0.3) is 0 Å². The largest absolute Gasteiger partial charge is 0.299 e. The molecule has 1 saturated carbocycles. The van der Waals surface area contributed by atoms with Gasteiger partial charge < -0.3 is 0 Å². The first kappa shape index (κ1) is 9.50. The molecule has 0 heterocycles. The number of carbonyl (C=O) groups excluding carboxylic acids is 1. The highest BCUT2D eigenvalue weighted by Crippen LogP contribution is 2.21. The molecule has 12 heavy (non-hydrogen) atoms. The Morgan fingerprint density at radius 1 is 1.67 bits per heavy atom. The van der Waals surface area contributed by atoms with E-state index >= 15 is 0 Å². The van der Waals surface area contributed by atoms with Crippen molar-refractivity contribution in [3.8, 4) is 0 Å². The van der Waals surface area contributed by atoms with E-state index in [0.717, 1.165) is 19.3 Å². The molecule has 1 fully saturated rings. The molecule has 0 aromatic carbocycles. The van der Waals surface area contributed by atoms with Crippen LogP contribution in [-0.4, -0.2) is 5.78 Å². The van der Waals surface area contributed by atoms with Crippen molar-refractivity contribution in [1.82, 2.24) is 0 Å². The molecule has 0 N–H and O–H groups in total. The summed E-state index contributed by atoms with van der Waals surface area (Å²) in [5.41, 5.74) is 0. The predicted molar refractivity (Wildman–Crippen MR) is 50.7 cm³/mol. The van der Waals surface area contributed by atoms with Crippen LogP contribution in [0.15, 0.2) is 12.2 Å². The molecule has 67 valence electrons. The van der Waals surface area contributed by atoms with Gasteiger partial charge in [-0.2, -0.15) is 0 Å². The summed E-state index contributed by atoms with van der Waals surface area (Å²) in [6.07, 6.45) is 11.6. The normalized spacial score (nSPS) is 24.1. The van der Waals surface area contributed by atoms with Gasteiger partial charge in [0.1, 0.15) is 5.78 Å². The SMILES string of the molecule is CCCC/C=C/C1[CH]CCC1=O. The summed E-state index contributed by atoms with van der Waals surface area (Å²) in [4.78, 5) is 11.2. The second-order valence-corrected chi connectivity index (χ2v) is 3.34. The van der Waals surface area contributed by atoms with Crippen LogP contribution in [0.4, 0.5) is 0 Å². The molecule has 1 unspecified atom stereocenters. The lowest BCUT2D eigenvalue weighted by Gasteiger charge is -1.97. The minimum absolute atomic E-state index is 0.141. The van der Waals surface area contributed by atoms with Crippen molar-refractivity contribution < 1.29 is 4.79 Å². The average Bonchev–Trinajstić information content (AvgIpc) is 2.46. The Balaban J connectivity index is 2.20. The van der Waals surface area contributed by atoms with E-state index in [1.54, 1.807) is 0 Å². The minimum Gasteiger partial charge on any atom is -0.299 e. The van der Waals surface area contributed by atoms with Crippen molar-refractivity contribution in [1.29, 1.82) is 0 Å². The number of allylic oxidation sites excluding steroid dienone is 2. The monoisotopic (exact) mass is 165 g/mol. The van der Waals surface area contributed by atoms with Gasteiger partial charge in [-0.25, -0.2) is 0 Å². The van der Waals surface area contributed by atoms with Gasteiger partial charge in [0.05, 0.1) is 0 Å². The second-order valence-electron chi connectivity index (χ2n) is 3.34. The fourth-order valence-electron chi connectivity index (χ4n) is 1.45. The first-order valence-electron chi connectivity index (χ1n) is 4.87. The third-order valence-corrected chi connectivity index (χ3v) is 2.25. The van der Waals surface area contributed by atoms with Gasteiger partial charge >= 0.3 is 0 Å². The topological polar surface area (TPSA) is 17.1 Å². The molecule has 0 amide bonds. The molecule has 1 rings (SSSR count). The van der Waals surface area contributed by atoms with Crippen LogP contribution in [0.25, 0.3) is 0 Å². The summed E-state index contributed by atoms with van der Waals surface area (Å²) in [5.74, 6) is 0.532. The number of hydrogen-bond donors (Lipinski definition) is 0. The van der Waals surface area contributed by atoms with Crippen molar-refractivity contribution in [2.75, 3.05) is 0 Å². The standard InChI is InChI=1S/C11H17O/c1-2-3-4-5-7-10-8-6-9-11(10)12/h5,7-8,10H,2-4,6,9H2,1H3/b7-5+. The molecule has 0 spiro atoms. The lowest BCUT2D eigenvalue weighted by molar-refractivity contribution is -0.119. The average molecular weight is 165 g/mol. The fourth-order valence-corrected chi connectivity index (χ4v) is 1.45. The Bertz CT molecular complexity index is 170. The van der Waals surface area contributed by atoms with Crippen LogP contribution < -0.4 is 0 Å². The molecule has 0 aromatic rings. The van der Waals surface area contributed by atoms with Crippen molar-refractivity contribution in [2.45, 2.75) is 39.0 Å². The lowest BCUT2D eigenvalue weighted by Crippen LogP contribution is -2.01. The smallest absolute Gasteiger partial charge is 0.140 e. The van der Waals surface area contributed by atoms with Gasteiger partial charge in [0.2, 0.25) is 0 Å². The van der Waals surface area contributed by atoms with Gasteiger partial charge in [0, 0.05) is 12.3 Å². The number of unbranched alkanes of at least 4 members (excludes halogenated alkanes) is 2. The zero-order valence-electron chi connectivity index (χ0n) is 7.75. The molecule has 1 heteroatoms. The molecular weight excluding hydrogens is 148 g/mol. The van der Waals surface area contributed by atoms with Crippen LogP contribution >= 0.6 is 0 Å². The van der Waals surface area contributed by atoms with E-state index in [2.05, 4.69) is 25.5 Å². The molecule has 1 nitrogen and oxygen atoms in total. The lowest BCUT2D eigenvalue weighted by atomic mass is 10.1. The van der Waals surface area contributed by atoms with E-state index < -0.39 is 0 Å². The summed E-state index contributed by atoms with van der Waals surface area (Å²) in [6, 6.07) is 0. The van der Waals surface area contributed by atoms with Crippen LogP contribution in [0.5, 0.6) is 0 Å². The van der Waals surface area contributed by atoms with Crippen molar-refractivity contribution in [2.24, 2.45) is 5.92 Å². The number of hydrogen-bond acceptors (Lipinski definition) is 1. The van der Waals surface area contributed by atoms with Crippen LogP contribution in [0.2, 0.25) is 0 Å². The Hall–Kier alpha value is -0.590. The van der Waals surface area contributed by atoms with Crippen LogP contribution in [0.1, 0.15) is 39.0 Å². The summed E-state index contributed by atoms with van der Waals surface area (Å²) < 4.78 is 0. The quantitative estimate of drug-likeness (QED) is 0.462. The molecule has 1 aliphatic rings. The second kappa shape index (κ2) is 5.13. The van der Waals surface area contributed by atoms with E-state index in [0.29, 0.717) is 5.78 Å². The Labute approximate surface area is 74.9 Å². The summed E-state index contributed by atoms with van der Waals surface area (Å²) in [5, 5.41) is 0. The highest BCUT2D eigenvalue weighted by atomic mass is 16.1. The highest BCUT2D eigenvalue weighted by molar-refractivity contribution is 5.86. The minimum atomic E-state index is 0.141. The first-order chi connectivity index (χ1) is 5.84. The summed E-state index contributed by atoms with van der Waals surface area (Å²) in [7, 11) is 0. The zero-order valence-corrected chi connectivity index (χ0v) is 7.75. The van der Waals surface area contributed by atoms with Crippen LogP contribution in [-0.2, 0) is 4.79 Å². The fraction of sp³-hybridized carbons (Fsp3) is 0.636. The molecule has 1 aliphatic carbocycles. The van der Waals surface area contributed by atoms with Gasteiger partial charge in [-0.3, -0.25) is 4.79 Å². The maximum Gasteiger partial charge on any atom is 0.140 e. The molecule has 0 bridgehead atoms. The van der Waals surface area contributed by atoms with E-state index in [1.165, 1.54) is 12.8 Å². The number of ketones is 1. The van der Waals surface area contributed by atoms with E-state index in [9.17, 15) is 4.79 Å². The maximum absolute atomic E-state index is 11.2. The van der Waals surface area contributed by atoms with Gasteiger partial charge in [-0.15, -0.1) is 0 Å². The Kier molecular flexibility index (Phi) is 4.06. The molecular formula is C11H17O. The molecule has 1 radical (unpaired) electrons. The molecule has 0 aliphatic heterocycles. The van der Waals surface area contributed by atoms with Crippen molar-refractivity contribution in [3.63, 3.8) is 0 Å². The summed E-state index contributed by atoms with van der Waals surface area (Å²) in [6.45, 7) is 2.18. The van der Waals surface area contributed by atoms with Crippen molar-refractivity contribution in [3.05, 3.63) is 18.6 Å². The van der Waals surface area contributed by atoms with Gasteiger partial charge in [0.15, 0.2) is 0 Å². The highest BCUT2D eigenvalue weighted by Gasteiger charge is 2.21. The van der Waals surface area contributed by atoms with E-state index in [4.69, 9.17) is 0 Å². The Morgan fingerprint density at radius 3 is 3.08 bits per heavy atom. The Morgan fingerprint density at radius 2 is 2.50 bits per heavy atom. The number of Topliss-reactive ketones (excluding diaryl/α,β-unsaturated/α-hetero) is 1. The number of carbonyl (C=O) groups is 1. The zero-order chi connectivity index (χ0) is 8.81. The van der Waals surface area contributed by atoms with Gasteiger partial charge in [-0.1, -0.05) is 31.9 Å². The van der Waals surface area contributed by atoms with Crippen LogP contribution in [0, 0.1) is 12.3 Å². The third kappa shape index (κ3) is 2.80. The van der Waals surface area contributed by atoms with Gasteiger partial charge in [-0.05, 0) is 19.3 Å². The summed E-state index contributed by atoms with van der Waals surface area (Å²) >= 11 is 0.